The van der Waals surface area contributed by atoms with Gasteiger partial charge < -0.3 is 4.74 Å². The maximum Gasteiger partial charge on any atom is 0.256 e. The van der Waals surface area contributed by atoms with Crippen molar-refractivity contribution in [1.82, 2.24) is 9.97 Å². The van der Waals surface area contributed by atoms with Gasteiger partial charge in [-0.2, -0.15) is 5.26 Å². The Balaban J connectivity index is 2.38. The highest BCUT2D eigenvalue weighted by Crippen LogP contribution is 2.31. The van der Waals surface area contributed by atoms with E-state index in [0.717, 1.165) is 0 Å². The number of rotatable bonds is 2. The Labute approximate surface area is 107 Å². The lowest BCUT2D eigenvalue weighted by atomic mass is 10.3. The Bertz CT molecular complexity index is 596. The van der Waals surface area contributed by atoms with Gasteiger partial charge in [0.15, 0.2) is 0 Å². The second kappa shape index (κ2) is 5.00. The Morgan fingerprint density at radius 3 is 2.71 bits per heavy atom. The standard InChI is InChI=1S/C11H5Cl2N3O/c12-7-1-2-8(13)10(5-7)17-11-9(6-14)15-3-4-16-11/h1-5H. The normalized spacial score (nSPS) is 9.71. The summed E-state index contributed by atoms with van der Waals surface area (Å²) in [4.78, 5) is 7.73. The minimum absolute atomic E-state index is 0.0866. The summed E-state index contributed by atoms with van der Waals surface area (Å²) >= 11 is 11.7. The Morgan fingerprint density at radius 1 is 1.18 bits per heavy atom. The summed E-state index contributed by atoms with van der Waals surface area (Å²) < 4.78 is 5.40. The molecular weight excluding hydrogens is 261 g/mol. The fourth-order valence-electron chi connectivity index (χ4n) is 1.14. The van der Waals surface area contributed by atoms with Gasteiger partial charge in [-0.1, -0.05) is 23.2 Å². The molecule has 0 saturated heterocycles. The van der Waals surface area contributed by atoms with Gasteiger partial charge >= 0.3 is 0 Å². The molecule has 6 heteroatoms. The van der Waals surface area contributed by atoms with Gasteiger partial charge in [0.05, 0.1) is 5.02 Å². The fourth-order valence-corrected chi connectivity index (χ4v) is 1.45. The average Bonchev–Trinajstić information content (AvgIpc) is 2.34. The molecule has 0 unspecified atom stereocenters. The van der Waals surface area contributed by atoms with Crippen LogP contribution in [0.25, 0.3) is 0 Å². The molecule has 4 nitrogen and oxygen atoms in total. The van der Waals surface area contributed by atoms with Crippen molar-refractivity contribution in [2.75, 3.05) is 0 Å². The molecule has 84 valence electrons. The molecule has 0 spiro atoms. The van der Waals surface area contributed by atoms with Crippen molar-refractivity contribution in [3.05, 3.63) is 46.3 Å². The highest BCUT2D eigenvalue weighted by molar-refractivity contribution is 6.34. The van der Waals surface area contributed by atoms with Crippen molar-refractivity contribution < 1.29 is 4.74 Å². The van der Waals surface area contributed by atoms with Gasteiger partial charge in [-0.3, -0.25) is 0 Å². The molecule has 1 aromatic heterocycles. The second-order valence-corrected chi connectivity index (χ2v) is 3.84. The molecule has 2 aromatic rings. The summed E-state index contributed by atoms with van der Waals surface area (Å²) in [6.45, 7) is 0. The molecule has 0 saturated carbocycles. The Morgan fingerprint density at radius 2 is 1.94 bits per heavy atom. The summed E-state index contributed by atoms with van der Waals surface area (Å²) in [7, 11) is 0. The van der Waals surface area contributed by atoms with Crippen molar-refractivity contribution >= 4 is 23.2 Å². The molecule has 0 bridgehead atoms. The third-order valence-corrected chi connectivity index (χ3v) is 2.42. The molecule has 1 aromatic carbocycles. The number of ether oxygens (including phenoxy) is 1. The van der Waals surface area contributed by atoms with Crippen LogP contribution in [0.3, 0.4) is 0 Å². The van der Waals surface area contributed by atoms with E-state index in [1.165, 1.54) is 12.4 Å². The van der Waals surface area contributed by atoms with Gasteiger partial charge in [-0.05, 0) is 12.1 Å². The topological polar surface area (TPSA) is 58.8 Å². The third-order valence-electron chi connectivity index (χ3n) is 1.87. The van der Waals surface area contributed by atoms with Crippen molar-refractivity contribution in [1.29, 1.82) is 5.26 Å². The molecule has 17 heavy (non-hydrogen) atoms. The lowest BCUT2D eigenvalue weighted by Crippen LogP contribution is -1.94. The summed E-state index contributed by atoms with van der Waals surface area (Å²) in [6, 6.07) is 6.65. The van der Waals surface area contributed by atoms with Gasteiger partial charge in [0.25, 0.3) is 5.88 Å². The summed E-state index contributed by atoms with van der Waals surface area (Å²) in [6.07, 6.45) is 2.83. The number of hydrogen-bond acceptors (Lipinski definition) is 4. The Hall–Kier alpha value is -1.83. The zero-order valence-corrected chi connectivity index (χ0v) is 9.90. The lowest BCUT2D eigenvalue weighted by Gasteiger charge is -2.07. The minimum atomic E-state index is 0.0866. The molecule has 0 radical (unpaired) electrons. The predicted octanol–water partition coefficient (Wildman–Crippen LogP) is 3.45. The number of nitrogens with zero attached hydrogens (tertiary/aromatic N) is 3. The zero-order chi connectivity index (χ0) is 12.3. The second-order valence-electron chi connectivity index (χ2n) is 3.00. The Kier molecular flexibility index (Phi) is 3.43. The van der Waals surface area contributed by atoms with Gasteiger partial charge in [0.1, 0.15) is 11.8 Å². The van der Waals surface area contributed by atoms with Crippen molar-refractivity contribution in [3.63, 3.8) is 0 Å². The first-order valence-corrected chi connectivity index (χ1v) is 5.30. The first-order chi connectivity index (χ1) is 8.20. The first-order valence-electron chi connectivity index (χ1n) is 4.54. The molecule has 0 aliphatic heterocycles. The predicted molar refractivity (Wildman–Crippen MR) is 63.3 cm³/mol. The van der Waals surface area contributed by atoms with Crippen LogP contribution in [0.2, 0.25) is 10.0 Å². The van der Waals surface area contributed by atoms with E-state index in [0.29, 0.717) is 15.8 Å². The average molecular weight is 266 g/mol. The summed E-state index contributed by atoms with van der Waals surface area (Å²) in [5.41, 5.74) is 0.0866. The molecule has 1 heterocycles. The molecule has 0 N–H and O–H groups in total. The van der Waals surface area contributed by atoms with Crippen molar-refractivity contribution in [3.8, 4) is 17.7 Å². The quantitative estimate of drug-likeness (QED) is 0.835. The van der Waals surface area contributed by atoms with Crippen LogP contribution in [0.4, 0.5) is 0 Å². The van der Waals surface area contributed by atoms with E-state index in [1.54, 1.807) is 18.2 Å². The summed E-state index contributed by atoms with van der Waals surface area (Å²) in [5.74, 6) is 0.426. The summed E-state index contributed by atoms with van der Waals surface area (Å²) in [5, 5.41) is 9.69. The number of benzene rings is 1. The molecule has 2 rings (SSSR count). The maximum atomic E-state index is 8.83. The lowest BCUT2D eigenvalue weighted by molar-refractivity contribution is 0.458. The van der Waals surface area contributed by atoms with Crippen LogP contribution in [0.1, 0.15) is 5.69 Å². The van der Waals surface area contributed by atoms with Crippen LogP contribution in [-0.2, 0) is 0 Å². The smallest absolute Gasteiger partial charge is 0.256 e. The number of hydrogen-bond donors (Lipinski definition) is 0. The zero-order valence-electron chi connectivity index (χ0n) is 8.39. The van der Waals surface area contributed by atoms with E-state index < -0.39 is 0 Å². The molecular formula is C11H5Cl2N3O. The molecule has 0 aliphatic rings. The van der Waals surface area contributed by atoms with E-state index in [1.807, 2.05) is 6.07 Å². The molecule has 0 atom stereocenters. The fraction of sp³-hybridized carbons (Fsp3) is 0. The van der Waals surface area contributed by atoms with Gasteiger partial charge in [-0.25, -0.2) is 9.97 Å². The number of aromatic nitrogens is 2. The molecule has 0 aliphatic carbocycles. The van der Waals surface area contributed by atoms with Crippen LogP contribution >= 0.6 is 23.2 Å². The highest BCUT2D eigenvalue weighted by Gasteiger charge is 2.09. The van der Waals surface area contributed by atoms with E-state index >= 15 is 0 Å². The van der Waals surface area contributed by atoms with Crippen molar-refractivity contribution in [2.45, 2.75) is 0 Å². The van der Waals surface area contributed by atoms with E-state index in [-0.39, 0.29) is 11.6 Å². The monoisotopic (exact) mass is 265 g/mol. The third kappa shape index (κ3) is 2.64. The molecule has 0 amide bonds. The number of nitriles is 1. The van der Waals surface area contributed by atoms with E-state index in [9.17, 15) is 0 Å². The molecule has 0 fully saturated rings. The van der Waals surface area contributed by atoms with Crippen LogP contribution in [0, 0.1) is 11.3 Å². The van der Waals surface area contributed by atoms with Gasteiger partial charge in [0, 0.05) is 23.5 Å². The first kappa shape index (κ1) is 11.6. The van der Waals surface area contributed by atoms with Crippen LogP contribution < -0.4 is 4.74 Å². The van der Waals surface area contributed by atoms with Gasteiger partial charge in [0.2, 0.25) is 5.69 Å². The number of halogens is 2. The van der Waals surface area contributed by atoms with Crippen LogP contribution in [0.5, 0.6) is 11.6 Å². The van der Waals surface area contributed by atoms with Crippen LogP contribution in [-0.4, -0.2) is 9.97 Å². The van der Waals surface area contributed by atoms with E-state index in [4.69, 9.17) is 33.2 Å². The van der Waals surface area contributed by atoms with Crippen LogP contribution in [0.15, 0.2) is 30.6 Å². The highest BCUT2D eigenvalue weighted by atomic mass is 35.5. The van der Waals surface area contributed by atoms with Crippen molar-refractivity contribution in [2.24, 2.45) is 0 Å². The SMILES string of the molecule is N#Cc1nccnc1Oc1cc(Cl)ccc1Cl. The minimum Gasteiger partial charge on any atom is -0.435 e. The van der Waals surface area contributed by atoms with E-state index in [2.05, 4.69) is 9.97 Å². The largest absolute Gasteiger partial charge is 0.435 e. The van der Waals surface area contributed by atoms with Gasteiger partial charge in [-0.15, -0.1) is 0 Å². The maximum absolute atomic E-state index is 8.83.